The van der Waals surface area contributed by atoms with E-state index in [9.17, 15) is 14.4 Å². The van der Waals surface area contributed by atoms with E-state index in [1.807, 2.05) is 0 Å². The van der Waals surface area contributed by atoms with Gasteiger partial charge in [-0.05, 0) is 13.8 Å². The molecule has 0 spiro atoms. The van der Waals surface area contributed by atoms with Gasteiger partial charge in [-0.2, -0.15) is 0 Å². The van der Waals surface area contributed by atoms with Gasteiger partial charge in [0.1, 0.15) is 0 Å². The molecule has 0 aliphatic carbocycles. The highest BCUT2D eigenvalue weighted by atomic mass is 16.5. The Kier molecular flexibility index (Phi) is 6.58. The van der Waals surface area contributed by atoms with Crippen molar-refractivity contribution in [1.82, 2.24) is 0 Å². The topological polar surface area (TPSA) is 89.9 Å². The molecule has 0 heterocycles. The molecule has 0 aromatic heterocycles. The van der Waals surface area contributed by atoms with Gasteiger partial charge < -0.3 is 14.6 Å². The molecule has 0 aliphatic heterocycles. The lowest BCUT2D eigenvalue weighted by molar-refractivity contribution is -0.144. The Morgan fingerprint density at radius 2 is 1.69 bits per heavy atom. The number of hydrogen-bond acceptors (Lipinski definition) is 5. The van der Waals surface area contributed by atoms with Crippen LogP contribution >= 0.6 is 0 Å². The number of ether oxygens (including phenoxy) is 2. The second-order valence-electron chi connectivity index (χ2n) is 2.71. The second kappa shape index (κ2) is 7.44. The zero-order chi connectivity index (χ0) is 12.6. The molecule has 16 heavy (non-hydrogen) atoms. The van der Waals surface area contributed by atoms with Gasteiger partial charge >= 0.3 is 17.9 Å². The van der Waals surface area contributed by atoms with Gasteiger partial charge in [0.2, 0.25) is 0 Å². The van der Waals surface area contributed by atoms with Crippen molar-refractivity contribution >= 4 is 17.9 Å². The molecule has 90 valence electrons. The van der Waals surface area contributed by atoms with E-state index in [2.05, 4.69) is 9.47 Å². The highest BCUT2D eigenvalue weighted by Gasteiger charge is 2.15. The molecule has 0 saturated carbocycles. The Morgan fingerprint density at radius 3 is 2.12 bits per heavy atom. The quantitative estimate of drug-likeness (QED) is 0.528. The summed E-state index contributed by atoms with van der Waals surface area (Å²) in [7, 11) is 0. The van der Waals surface area contributed by atoms with Crippen LogP contribution in [-0.2, 0) is 23.9 Å². The summed E-state index contributed by atoms with van der Waals surface area (Å²) in [5.41, 5.74) is -0.350. The van der Waals surface area contributed by atoms with Crippen LogP contribution in [0.2, 0.25) is 0 Å². The number of hydrogen-bond donors (Lipinski definition) is 1. The molecular formula is C10H14O6. The van der Waals surface area contributed by atoms with E-state index in [0.717, 1.165) is 6.08 Å². The smallest absolute Gasteiger partial charge is 0.332 e. The number of carboxylic acid groups (broad SMARTS) is 1. The molecule has 0 atom stereocenters. The Morgan fingerprint density at radius 1 is 1.12 bits per heavy atom. The van der Waals surface area contributed by atoms with Crippen LogP contribution in [0.3, 0.4) is 0 Å². The maximum atomic E-state index is 11.0. The van der Waals surface area contributed by atoms with Crippen molar-refractivity contribution in [3.05, 3.63) is 11.6 Å². The standard InChI is InChI=1S/C10H14O6/c1-3-15-8(11)5-7(10(13)14)6-9(12)16-4-2/h5H,3-4,6H2,1-2H3,(H,13,14)/b7-5+. The van der Waals surface area contributed by atoms with Gasteiger partial charge in [-0.15, -0.1) is 0 Å². The molecule has 0 aliphatic rings. The van der Waals surface area contributed by atoms with Crippen LogP contribution in [0.5, 0.6) is 0 Å². The van der Waals surface area contributed by atoms with Crippen molar-refractivity contribution in [3.63, 3.8) is 0 Å². The van der Waals surface area contributed by atoms with Crippen LogP contribution < -0.4 is 0 Å². The molecule has 0 amide bonds. The zero-order valence-corrected chi connectivity index (χ0v) is 9.19. The molecule has 6 nitrogen and oxygen atoms in total. The summed E-state index contributed by atoms with van der Waals surface area (Å²) >= 11 is 0. The third kappa shape index (κ3) is 5.79. The first kappa shape index (κ1) is 14.2. The van der Waals surface area contributed by atoms with Gasteiger partial charge in [0, 0.05) is 6.08 Å². The van der Waals surface area contributed by atoms with Gasteiger partial charge in [0.15, 0.2) is 0 Å². The predicted octanol–water partition coefficient (Wildman–Crippen LogP) is 0.514. The molecule has 0 fully saturated rings. The minimum absolute atomic E-state index is 0.141. The van der Waals surface area contributed by atoms with E-state index < -0.39 is 24.3 Å². The molecule has 0 bridgehead atoms. The van der Waals surface area contributed by atoms with E-state index in [1.165, 1.54) is 0 Å². The van der Waals surface area contributed by atoms with E-state index in [1.54, 1.807) is 13.8 Å². The summed E-state index contributed by atoms with van der Waals surface area (Å²) in [6.45, 7) is 3.50. The van der Waals surface area contributed by atoms with E-state index in [-0.39, 0.29) is 18.8 Å². The highest BCUT2D eigenvalue weighted by molar-refractivity contribution is 5.98. The largest absolute Gasteiger partial charge is 0.478 e. The van der Waals surface area contributed by atoms with E-state index >= 15 is 0 Å². The number of esters is 2. The normalized spacial score (nSPS) is 10.8. The number of carboxylic acids is 1. The van der Waals surface area contributed by atoms with Crippen molar-refractivity contribution in [3.8, 4) is 0 Å². The van der Waals surface area contributed by atoms with E-state index in [0.29, 0.717) is 0 Å². The molecule has 0 rings (SSSR count). The van der Waals surface area contributed by atoms with Crippen molar-refractivity contribution < 1.29 is 29.0 Å². The molecule has 0 saturated heterocycles. The number of carbonyl (C=O) groups is 3. The molecular weight excluding hydrogens is 216 g/mol. The first-order valence-electron chi connectivity index (χ1n) is 4.77. The predicted molar refractivity (Wildman–Crippen MR) is 53.6 cm³/mol. The third-order valence-electron chi connectivity index (χ3n) is 1.49. The lowest BCUT2D eigenvalue weighted by Gasteiger charge is -2.02. The lowest BCUT2D eigenvalue weighted by Crippen LogP contribution is -2.13. The Bertz CT molecular complexity index is 304. The SMILES string of the molecule is CCOC(=O)/C=C(\CC(=O)OCC)C(=O)O. The van der Waals surface area contributed by atoms with Crippen LogP contribution in [0.4, 0.5) is 0 Å². The highest BCUT2D eigenvalue weighted by Crippen LogP contribution is 2.04. The average molecular weight is 230 g/mol. The molecule has 0 aromatic rings. The summed E-state index contributed by atoms with van der Waals surface area (Å²) in [4.78, 5) is 32.7. The zero-order valence-electron chi connectivity index (χ0n) is 9.19. The number of rotatable bonds is 6. The summed E-state index contributed by atoms with van der Waals surface area (Å²) in [6, 6.07) is 0. The number of carbonyl (C=O) groups excluding carboxylic acids is 2. The Balaban J connectivity index is 4.55. The van der Waals surface area contributed by atoms with Crippen LogP contribution in [-0.4, -0.2) is 36.2 Å². The van der Waals surface area contributed by atoms with Crippen molar-refractivity contribution in [2.75, 3.05) is 13.2 Å². The minimum atomic E-state index is -1.35. The monoisotopic (exact) mass is 230 g/mol. The average Bonchev–Trinajstić information content (AvgIpc) is 2.17. The van der Waals surface area contributed by atoms with Crippen LogP contribution in [0.1, 0.15) is 20.3 Å². The first-order valence-corrected chi connectivity index (χ1v) is 4.77. The van der Waals surface area contributed by atoms with Gasteiger partial charge in [-0.1, -0.05) is 0 Å². The van der Waals surface area contributed by atoms with Gasteiger partial charge in [0.05, 0.1) is 25.2 Å². The third-order valence-corrected chi connectivity index (χ3v) is 1.49. The summed E-state index contributed by atoms with van der Waals surface area (Å²) < 4.78 is 9.10. The minimum Gasteiger partial charge on any atom is -0.478 e. The van der Waals surface area contributed by atoms with Crippen molar-refractivity contribution in [2.45, 2.75) is 20.3 Å². The van der Waals surface area contributed by atoms with Crippen molar-refractivity contribution in [1.29, 1.82) is 0 Å². The summed E-state index contributed by atoms with van der Waals surface area (Å²) in [6.07, 6.45) is 0.324. The van der Waals surface area contributed by atoms with Gasteiger partial charge in [0.25, 0.3) is 0 Å². The Labute approximate surface area is 92.8 Å². The van der Waals surface area contributed by atoms with Gasteiger partial charge in [-0.25, -0.2) is 9.59 Å². The summed E-state index contributed by atoms with van der Waals surface area (Å²) in [5.74, 6) is -2.83. The molecule has 0 radical (unpaired) electrons. The molecule has 0 unspecified atom stereocenters. The van der Waals surface area contributed by atoms with Gasteiger partial charge in [-0.3, -0.25) is 4.79 Å². The number of aliphatic carboxylic acids is 1. The fourth-order valence-corrected chi connectivity index (χ4v) is 0.882. The molecule has 6 heteroatoms. The van der Waals surface area contributed by atoms with Crippen LogP contribution in [0.15, 0.2) is 11.6 Å². The fourth-order valence-electron chi connectivity index (χ4n) is 0.882. The first-order chi connectivity index (χ1) is 7.51. The van der Waals surface area contributed by atoms with E-state index in [4.69, 9.17) is 5.11 Å². The Hall–Kier alpha value is -1.85. The second-order valence-corrected chi connectivity index (χ2v) is 2.71. The van der Waals surface area contributed by atoms with Crippen LogP contribution in [0.25, 0.3) is 0 Å². The lowest BCUT2D eigenvalue weighted by atomic mass is 10.2. The van der Waals surface area contributed by atoms with Crippen LogP contribution in [0, 0.1) is 0 Å². The fraction of sp³-hybridized carbons (Fsp3) is 0.500. The van der Waals surface area contributed by atoms with Crippen molar-refractivity contribution in [2.24, 2.45) is 0 Å². The summed E-state index contributed by atoms with van der Waals surface area (Å²) in [5, 5.41) is 8.72. The molecule has 0 aromatic carbocycles. The maximum absolute atomic E-state index is 11.0. The maximum Gasteiger partial charge on any atom is 0.332 e. The molecule has 1 N–H and O–H groups in total.